The predicted molar refractivity (Wildman–Crippen MR) is 60.3 cm³/mol. The van der Waals surface area contributed by atoms with E-state index in [1.54, 1.807) is 0 Å². The molecular formula is C11H10BrFN2. The Morgan fingerprint density at radius 2 is 2.20 bits per heavy atom. The first-order valence-corrected chi connectivity index (χ1v) is 5.88. The summed E-state index contributed by atoms with van der Waals surface area (Å²) in [6.45, 7) is 0. The lowest BCUT2D eigenvalue weighted by molar-refractivity contribution is 0.413. The highest BCUT2D eigenvalue weighted by Gasteiger charge is 2.24. The van der Waals surface area contributed by atoms with Crippen molar-refractivity contribution in [3.63, 3.8) is 0 Å². The second kappa shape index (κ2) is 3.30. The molecule has 0 bridgehead atoms. The van der Waals surface area contributed by atoms with Gasteiger partial charge in [0.25, 0.3) is 0 Å². The third-order valence-electron chi connectivity index (χ3n) is 3.11. The van der Waals surface area contributed by atoms with E-state index in [4.69, 9.17) is 0 Å². The van der Waals surface area contributed by atoms with Crippen LogP contribution in [0.3, 0.4) is 0 Å². The third-order valence-corrected chi connectivity index (χ3v) is 3.74. The average molecular weight is 269 g/mol. The lowest BCUT2D eigenvalue weighted by Crippen LogP contribution is -2.09. The van der Waals surface area contributed by atoms with Gasteiger partial charge in [0.2, 0.25) is 0 Å². The Labute approximate surface area is 95.0 Å². The fourth-order valence-electron chi connectivity index (χ4n) is 2.08. The monoisotopic (exact) mass is 268 g/mol. The second-order valence-electron chi connectivity index (χ2n) is 4.05. The Kier molecular flexibility index (Phi) is 2.06. The Bertz CT molecular complexity index is 517. The highest BCUT2D eigenvalue weighted by molar-refractivity contribution is 9.10. The van der Waals surface area contributed by atoms with Gasteiger partial charge in [-0.05, 0) is 34.8 Å². The van der Waals surface area contributed by atoms with Crippen molar-refractivity contribution < 1.29 is 4.39 Å². The van der Waals surface area contributed by atoms with Gasteiger partial charge in [0.05, 0.1) is 5.52 Å². The molecule has 0 radical (unpaired) electrons. The van der Waals surface area contributed by atoms with Crippen molar-refractivity contribution in [1.82, 2.24) is 10.2 Å². The van der Waals surface area contributed by atoms with Gasteiger partial charge in [-0.1, -0.05) is 6.42 Å². The van der Waals surface area contributed by atoms with Crippen molar-refractivity contribution in [3.8, 4) is 0 Å². The first kappa shape index (κ1) is 9.33. The van der Waals surface area contributed by atoms with Crippen LogP contribution in [0, 0.1) is 5.82 Å². The van der Waals surface area contributed by atoms with Gasteiger partial charge in [0, 0.05) is 27.5 Å². The first-order valence-electron chi connectivity index (χ1n) is 5.09. The van der Waals surface area contributed by atoms with Crippen LogP contribution in [0.15, 0.2) is 16.6 Å². The maximum absolute atomic E-state index is 13.1. The number of nitrogens with zero attached hydrogens (tertiary/aromatic N) is 1. The van der Waals surface area contributed by atoms with Crippen LogP contribution >= 0.6 is 15.9 Å². The number of rotatable bonds is 1. The van der Waals surface area contributed by atoms with Crippen molar-refractivity contribution >= 4 is 26.8 Å². The van der Waals surface area contributed by atoms with Gasteiger partial charge in [-0.25, -0.2) is 4.39 Å². The third kappa shape index (κ3) is 1.39. The van der Waals surface area contributed by atoms with E-state index >= 15 is 0 Å². The summed E-state index contributed by atoms with van der Waals surface area (Å²) < 4.78 is 13.9. The standard InChI is InChI=1S/C11H10BrFN2/c12-8-4-7(13)5-9-10(8)11(15-14-9)6-2-1-3-6/h4-6H,1-3H2,(H,14,15). The molecule has 15 heavy (non-hydrogen) atoms. The van der Waals surface area contributed by atoms with Crippen molar-refractivity contribution in [1.29, 1.82) is 0 Å². The Morgan fingerprint density at radius 1 is 1.40 bits per heavy atom. The minimum atomic E-state index is -0.249. The van der Waals surface area contributed by atoms with Gasteiger partial charge < -0.3 is 0 Å². The molecule has 4 heteroatoms. The van der Waals surface area contributed by atoms with E-state index in [1.807, 2.05) is 0 Å². The van der Waals surface area contributed by atoms with Gasteiger partial charge in [-0.15, -0.1) is 0 Å². The molecule has 1 heterocycles. The summed E-state index contributed by atoms with van der Waals surface area (Å²) >= 11 is 3.40. The summed E-state index contributed by atoms with van der Waals surface area (Å²) in [5.74, 6) is 0.331. The number of aromatic nitrogens is 2. The predicted octanol–water partition coefficient (Wildman–Crippen LogP) is 3.73. The van der Waals surface area contributed by atoms with E-state index in [2.05, 4.69) is 26.1 Å². The minimum absolute atomic E-state index is 0.249. The lowest BCUT2D eigenvalue weighted by Gasteiger charge is -2.24. The van der Waals surface area contributed by atoms with Crippen LogP contribution in [0.2, 0.25) is 0 Å². The summed E-state index contributed by atoms with van der Waals surface area (Å²) in [5, 5.41) is 8.23. The molecule has 0 amide bonds. The van der Waals surface area contributed by atoms with E-state index in [0.717, 1.165) is 15.6 Å². The van der Waals surface area contributed by atoms with Gasteiger partial charge in [0.15, 0.2) is 0 Å². The summed E-state index contributed by atoms with van der Waals surface area (Å²) in [4.78, 5) is 0. The SMILES string of the molecule is Fc1cc(Br)c2c(C3CCC3)[nH]nc2c1. The van der Waals surface area contributed by atoms with Gasteiger partial charge in [0.1, 0.15) is 5.82 Å². The highest BCUT2D eigenvalue weighted by atomic mass is 79.9. The second-order valence-corrected chi connectivity index (χ2v) is 4.90. The normalized spacial score (nSPS) is 16.9. The summed E-state index contributed by atoms with van der Waals surface area (Å²) in [5.41, 5.74) is 1.87. The molecule has 1 aliphatic carbocycles. The van der Waals surface area contributed by atoms with Crippen LogP contribution in [-0.4, -0.2) is 10.2 Å². The molecule has 1 aromatic heterocycles. The Morgan fingerprint density at radius 3 is 2.87 bits per heavy atom. The quantitative estimate of drug-likeness (QED) is 0.839. The van der Waals surface area contributed by atoms with Crippen LogP contribution in [0.25, 0.3) is 10.9 Å². The average Bonchev–Trinajstić information content (AvgIpc) is 2.45. The first-order chi connectivity index (χ1) is 7.25. The van der Waals surface area contributed by atoms with Crippen molar-refractivity contribution in [2.75, 3.05) is 0 Å². The number of hydrogen-bond donors (Lipinski definition) is 1. The number of H-pyrrole nitrogens is 1. The van der Waals surface area contributed by atoms with E-state index in [9.17, 15) is 4.39 Å². The molecular weight excluding hydrogens is 259 g/mol. The number of halogens is 2. The van der Waals surface area contributed by atoms with E-state index in [-0.39, 0.29) is 5.82 Å². The number of hydrogen-bond acceptors (Lipinski definition) is 1. The topological polar surface area (TPSA) is 28.7 Å². The molecule has 1 aromatic carbocycles. The van der Waals surface area contributed by atoms with Crippen molar-refractivity contribution in [2.45, 2.75) is 25.2 Å². The lowest BCUT2D eigenvalue weighted by atomic mass is 9.82. The van der Waals surface area contributed by atoms with Gasteiger partial charge >= 0.3 is 0 Å². The largest absolute Gasteiger partial charge is 0.281 e. The van der Waals surface area contributed by atoms with E-state index in [0.29, 0.717) is 11.4 Å². The molecule has 0 aliphatic heterocycles. The van der Waals surface area contributed by atoms with Gasteiger partial charge in [-0.3, -0.25) is 5.10 Å². The molecule has 0 spiro atoms. The Hall–Kier alpha value is -0.900. The summed E-state index contributed by atoms with van der Waals surface area (Å²) in [6, 6.07) is 2.97. The molecule has 0 unspecified atom stereocenters. The molecule has 1 aliphatic rings. The fourth-order valence-corrected chi connectivity index (χ4v) is 2.72. The summed E-state index contributed by atoms with van der Waals surface area (Å²) in [6.07, 6.45) is 3.70. The number of aromatic amines is 1. The number of fused-ring (bicyclic) bond motifs is 1. The summed E-state index contributed by atoms with van der Waals surface area (Å²) in [7, 11) is 0. The molecule has 3 rings (SSSR count). The molecule has 0 saturated heterocycles. The maximum atomic E-state index is 13.1. The maximum Gasteiger partial charge on any atom is 0.126 e. The zero-order valence-electron chi connectivity index (χ0n) is 8.06. The number of nitrogens with one attached hydrogen (secondary N) is 1. The van der Waals surface area contributed by atoms with Crippen LogP contribution < -0.4 is 0 Å². The van der Waals surface area contributed by atoms with Crippen molar-refractivity contribution in [3.05, 3.63) is 28.1 Å². The van der Waals surface area contributed by atoms with Crippen LogP contribution in [0.4, 0.5) is 4.39 Å². The fraction of sp³-hybridized carbons (Fsp3) is 0.364. The molecule has 1 fully saturated rings. The zero-order chi connectivity index (χ0) is 10.4. The van der Waals surface area contributed by atoms with Crippen molar-refractivity contribution in [2.24, 2.45) is 0 Å². The van der Waals surface area contributed by atoms with E-state index in [1.165, 1.54) is 31.4 Å². The van der Waals surface area contributed by atoms with Crippen LogP contribution in [0.5, 0.6) is 0 Å². The van der Waals surface area contributed by atoms with Gasteiger partial charge in [-0.2, -0.15) is 5.10 Å². The highest BCUT2D eigenvalue weighted by Crippen LogP contribution is 2.40. The molecule has 2 nitrogen and oxygen atoms in total. The minimum Gasteiger partial charge on any atom is -0.281 e. The smallest absolute Gasteiger partial charge is 0.126 e. The van der Waals surface area contributed by atoms with Crippen LogP contribution in [-0.2, 0) is 0 Å². The molecule has 78 valence electrons. The molecule has 2 aromatic rings. The molecule has 1 saturated carbocycles. The van der Waals surface area contributed by atoms with Crippen LogP contribution in [0.1, 0.15) is 30.9 Å². The molecule has 0 atom stereocenters. The molecule has 1 N–H and O–H groups in total. The number of benzene rings is 1. The zero-order valence-corrected chi connectivity index (χ0v) is 9.64. The Balaban J connectivity index is 2.23. The van der Waals surface area contributed by atoms with E-state index < -0.39 is 0 Å².